The van der Waals surface area contributed by atoms with Crippen molar-refractivity contribution in [2.75, 3.05) is 57.2 Å². The fraction of sp³-hybridized carbons (Fsp3) is 0.400. The predicted octanol–water partition coefficient (Wildman–Crippen LogP) is 1.82. The number of nitrogens with zero attached hydrogens (tertiary/aromatic N) is 3. The molecule has 0 atom stereocenters. The topological polar surface area (TPSA) is 101 Å². The van der Waals surface area contributed by atoms with Gasteiger partial charge in [-0.15, -0.1) is 0 Å². The highest BCUT2D eigenvalue weighted by Gasteiger charge is 2.23. The van der Waals surface area contributed by atoms with E-state index in [1.54, 1.807) is 25.1 Å². The fourth-order valence-corrected chi connectivity index (χ4v) is 4.01. The number of hydrogen-bond donors (Lipinski definition) is 1. The van der Waals surface area contributed by atoms with Crippen LogP contribution in [0.1, 0.15) is 17.3 Å². The molecule has 10 heteroatoms. The van der Waals surface area contributed by atoms with E-state index in [1.807, 2.05) is 0 Å². The zero-order valence-corrected chi connectivity index (χ0v) is 18.1. The first kappa shape index (κ1) is 22.0. The predicted molar refractivity (Wildman–Crippen MR) is 114 cm³/mol. The maximum absolute atomic E-state index is 12.6. The third kappa shape index (κ3) is 4.89. The van der Waals surface area contributed by atoms with Crippen LogP contribution in [0.2, 0.25) is 0 Å². The van der Waals surface area contributed by atoms with Gasteiger partial charge >= 0.3 is 0 Å². The molecular weight excluding hydrogens is 408 g/mol. The summed E-state index contributed by atoms with van der Waals surface area (Å²) in [5.74, 6) is 0.643. The molecule has 162 valence electrons. The van der Waals surface area contributed by atoms with Gasteiger partial charge in [-0.2, -0.15) is 0 Å². The number of sulfonamides is 1. The molecule has 1 aromatic carbocycles. The third-order valence-electron chi connectivity index (χ3n) is 4.61. The zero-order chi connectivity index (χ0) is 21.7. The Labute approximate surface area is 176 Å². The second-order valence-corrected chi connectivity index (χ2v) is 8.96. The van der Waals surface area contributed by atoms with E-state index in [9.17, 15) is 13.2 Å². The van der Waals surface area contributed by atoms with E-state index in [0.717, 1.165) is 23.2 Å². The largest absolute Gasteiger partial charge is 0.492 e. The van der Waals surface area contributed by atoms with Gasteiger partial charge in [0, 0.05) is 39.1 Å². The molecule has 0 unspecified atom stereocenters. The fourth-order valence-electron chi connectivity index (χ4n) is 2.96. The van der Waals surface area contributed by atoms with Crippen LogP contribution in [0.25, 0.3) is 0 Å². The Kier molecular flexibility index (Phi) is 6.91. The highest BCUT2D eigenvalue weighted by Crippen LogP contribution is 2.29. The molecule has 3 rings (SSSR count). The van der Waals surface area contributed by atoms with Crippen molar-refractivity contribution in [1.29, 1.82) is 0 Å². The highest BCUT2D eigenvalue weighted by atomic mass is 32.2. The van der Waals surface area contributed by atoms with Crippen molar-refractivity contribution < 1.29 is 22.7 Å². The van der Waals surface area contributed by atoms with E-state index in [0.29, 0.717) is 31.1 Å². The van der Waals surface area contributed by atoms with Crippen molar-refractivity contribution in [2.45, 2.75) is 11.8 Å². The lowest BCUT2D eigenvalue weighted by Gasteiger charge is -2.27. The van der Waals surface area contributed by atoms with Gasteiger partial charge in [0.2, 0.25) is 10.0 Å². The van der Waals surface area contributed by atoms with Crippen LogP contribution in [0.3, 0.4) is 0 Å². The van der Waals surface area contributed by atoms with E-state index >= 15 is 0 Å². The van der Waals surface area contributed by atoms with Gasteiger partial charge in [0.1, 0.15) is 16.5 Å². The molecule has 1 amide bonds. The minimum Gasteiger partial charge on any atom is -0.492 e. The van der Waals surface area contributed by atoms with Crippen LogP contribution < -0.4 is 15.0 Å². The normalized spacial score (nSPS) is 14.6. The summed E-state index contributed by atoms with van der Waals surface area (Å²) in [5.41, 5.74) is 0.721. The van der Waals surface area contributed by atoms with E-state index in [2.05, 4.69) is 15.2 Å². The van der Waals surface area contributed by atoms with E-state index in [-0.39, 0.29) is 16.6 Å². The molecule has 0 radical (unpaired) electrons. The summed E-state index contributed by atoms with van der Waals surface area (Å²) in [5, 5.41) is 2.73. The van der Waals surface area contributed by atoms with Crippen molar-refractivity contribution in [2.24, 2.45) is 0 Å². The number of hydrogen-bond acceptors (Lipinski definition) is 7. The lowest BCUT2D eigenvalue weighted by molar-refractivity contribution is 0.102. The van der Waals surface area contributed by atoms with Crippen LogP contribution in [0, 0.1) is 0 Å². The maximum atomic E-state index is 12.6. The smallest absolute Gasteiger partial charge is 0.257 e. The third-order valence-corrected chi connectivity index (χ3v) is 6.44. The van der Waals surface area contributed by atoms with Crippen molar-refractivity contribution in [3.05, 3.63) is 42.1 Å². The Morgan fingerprint density at radius 1 is 1.23 bits per heavy atom. The summed E-state index contributed by atoms with van der Waals surface area (Å²) in [6.07, 6.45) is 1.51. The first-order valence-corrected chi connectivity index (χ1v) is 11.1. The molecule has 1 fully saturated rings. The molecular formula is C20H26N4O5S. The molecule has 30 heavy (non-hydrogen) atoms. The molecule has 0 saturated carbocycles. The second-order valence-electron chi connectivity index (χ2n) is 6.84. The van der Waals surface area contributed by atoms with Crippen LogP contribution >= 0.6 is 0 Å². The Bertz CT molecular complexity index is 987. The molecule has 1 aliphatic heterocycles. The molecule has 2 heterocycles. The van der Waals surface area contributed by atoms with Crippen molar-refractivity contribution in [3.8, 4) is 5.75 Å². The maximum Gasteiger partial charge on any atom is 0.257 e. The number of benzene rings is 1. The standard InChI is InChI=1S/C20H26N4O5S/c1-4-29-17-7-6-16(13-18(17)30(26,27)23(2)3)22-20(25)15-5-8-19(21-14-15)24-9-11-28-12-10-24/h5-8,13-14H,4,9-12H2,1-3H3,(H,22,25). The average molecular weight is 435 g/mol. The van der Waals surface area contributed by atoms with Crippen LogP contribution in [0.15, 0.2) is 41.4 Å². The van der Waals surface area contributed by atoms with E-state index in [1.165, 1.54) is 32.4 Å². The van der Waals surface area contributed by atoms with Gasteiger partial charge in [-0.25, -0.2) is 17.7 Å². The van der Waals surface area contributed by atoms with Crippen LogP contribution in [0.4, 0.5) is 11.5 Å². The molecule has 2 aromatic rings. The molecule has 0 spiro atoms. The number of rotatable bonds is 7. The monoisotopic (exact) mass is 434 g/mol. The molecule has 1 saturated heterocycles. The van der Waals surface area contributed by atoms with Crippen LogP contribution in [-0.4, -0.2) is 70.6 Å². The van der Waals surface area contributed by atoms with Crippen molar-refractivity contribution in [3.63, 3.8) is 0 Å². The summed E-state index contributed by atoms with van der Waals surface area (Å²) >= 11 is 0. The first-order valence-electron chi connectivity index (χ1n) is 9.62. The molecule has 0 aliphatic carbocycles. The second kappa shape index (κ2) is 9.41. The van der Waals surface area contributed by atoms with E-state index in [4.69, 9.17) is 9.47 Å². The summed E-state index contributed by atoms with van der Waals surface area (Å²) < 4.78 is 37.1. The van der Waals surface area contributed by atoms with Gasteiger partial charge in [0.05, 0.1) is 25.4 Å². The zero-order valence-electron chi connectivity index (χ0n) is 17.3. The minimum atomic E-state index is -3.74. The number of pyridine rings is 1. The van der Waals surface area contributed by atoms with Gasteiger partial charge < -0.3 is 19.7 Å². The highest BCUT2D eigenvalue weighted by molar-refractivity contribution is 7.89. The number of ether oxygens (including phenoxy) is 2. The Morgan fingerprint density at radius 3 is 2.57 bits per heavy atom. The van der Waals surface area contributed by atoms with Crippen molar-refractivity contribution >= 4 is 27.4 Å². The van der Waals surface area contributed by atoms with Gasteiger partial charge in [0.15, 0.2) is 0 Å². The number of anilines is 2. The summed E-state index contributed by atoms with van der Waals surface area (Å²) in [4.78, 5) is 19.1. The number of amides is 1. The van der Waals surface area contributed by atoms with Gasteiger partial charge in [-0.05, 0) is 37.3 Å². The summed E-state index contributed by atoms with van der Waals surface area (Å²) in [6, 6.07) is 8.02. The molecule has 9 nitrogen and oxygen atoms in total. The SMILES string of the molecule is CCOc1ccc(NC(=O)c2ccc(N3CCOCC3)nc2)cc1S(=O)(=O)N(C)C. The number of aromatic nitrogens is 1. The van der Waals surface area contributed by atoms with Crippen molar-refractivity contribution in [1.82, 2.24) is 9.29 Å². The van der Waals surface area contributed by atoms with Gasteiger partial charge in [0.25, 0.3) is 5.91 Å². The van der Waals surface area contributed by atoms with E-state index < -0.39 is 10.0 Å². The molecule has 0 bridgehead atoms. The van der Waals surface area contributed by atoms with Crippen LogP contribution in [0.5, 0.6) is 5.75 Å². The Hall–Kier alpha value is -2.69. The van der Waals surface area contributed by atoms with Gasteiger partial charge in [-0.3, -0.25) is 4.79 Å². The van der Waals surface area contributed by atoms with Crippen LogP contribution in [-0.2, 0) is 14.8 Å². The number of nitrogens with one attached hydrogen (secondary N) is 1. The summed E-state index contributed by atoms with van der Waals surface area (Å²) in [6.45, 7) is 4.92. The molecule has 1 aromatic heterocycles. The Balaban J connectivity index is 1.79. The number of carbonyl (C=O) groups is 1. The average Bonchev–Trinajstić information content (AvgIpc) is 2.75. The number of carbonyl (C=O) groups excluding carboxylic acids is 1. The molecule has 1 N–H and O–H groups in total. The lowest BCUT2D eigenvalue weighted by atomic mass is 10.2. The Morgan fingerprint density at radius 2 is 1.97 bits per heavy atom. The molecule has 1 aliphatic rings. The lowest BCUT2D eigenvalue weighted by Crippen LogP contribution is -2.36. The minimum absolute atomic E-state index is 0.00654. The first-order chi connectivity index (χ1) is 14.3. The van der Waals surface area contributed by atoms with Gasteiger partial charge in [-0.1, -0.05) is 0 Å². The quantitative estimate of drug-likeness (QED) is 0.709. The summed E-state index contributed by atoms with van der Waals surface area (Å²) in [7, 11) is -0.857. The number of morpholine rings is 1.